The Bertz CT molecular complexity index is 643. The van der Waals surface area contributed by atoms with E-state index in [2.05, 4.69) is 10.6 Å². The summed E-state index contributed by atoms with van der Waals surface area (Å²) in [5.74, 6) is 1.49. The number of urea groups is 1. The zero-order valence-corrected chi connectivity index (χ0v) is 13.1. The SMILES string of the molecule is CC(NC(=O)NCc1cccs1)c1ccc2c(c1)OCCO2. The fraction of sp³-hybridized carbons (Fsp3) is 0.312. The summed E-state index contributed by atoms with van der Waals surface area (Å²) < 4.78 is 11.1. The molecule has 22 heavy (non-hydrogen) atoms. The van der Waals surface area contributed by atoms with Gasteiger partial charge in [-0.3, -0.25) is 0 Å². The molecular formula is C16H18N2O3S. The average Bonchev–Trinajstić information content (AvgIpc) is 3.06. The van der Waals surface area contributed by atoms with Crippen molar-refractivity contribution in [2.45, 2.75) is 19.5 Å². The van der Waals surface area contributed by atoms with E-state index < -0.39 is 0 Å². The summed E-state index contributed by atoms with van der Waals surface area (Å²) in [7, 11) is 0. The number of hydrogen-bond donors (Lipinski definition) is 2. The van der Waals surface area contributed by atoms with Crippen molar-refractivity contribution in [3.8, 4) is 11.5 Å². The molecule has 2 heterocycles. The summed E-state index contributed by atoms with van der Waals surface area (Å²) in [5, 5.41) is 7.77. The van der Waals surface area contributed by atoms with Crippen LogP contribution in [0, 0.1) is 0 Å². The monoisotopic (exact) mass is 318 g/mol. The largest absolute Gasteiger partial charge is 0.486 e. The van der Waals surface area contributed by atoms with Gasteiger partial charge in [0.05, 0.1) is 12.6 Å². The minimum atomic E-state index is -0.184. The molecule has 1 aromatic carbocycles. The summed E-state index contributed by atoms with van der Waals surface area (Å²) in [4.78, 5) is 13.1. The van der Waals surface area contributed by atoms with E-state index in [1.165, 1.54) is 0 Å². The van der Waals surface area contributed by atoms with E-state index in [0.717, 1.165) is 21.9 Å². The smallest absolute Gasteiger partial charge is 0.315 e. The number of hydrogen-bond acceptors (Lipinski definition) is 4. The Morgan fingerprint density at radius 3 is 2.86 bits per heavy atom. The first kappa shape index (κ1) is 14.7. The van der Waals surface area contributed by atoms with Crippen LogP contribution in [0.3, 0.4) is 0 Å². The molecule has 1 unspecified atom stereocenters. The second-order valence-corrected chi connectivity index (χ2v) is 6.06. The van der Waals surface area contributed by atoms with Crippen LogP contribution in [-0.2, 0) is 6.54 Å². The Morgan fingerprint density at radius 1 is 1.27 bits per heavy atom. The fourth-order valence-electron chi connectivity index (χ4n) is 2.24. The van der Waals surface area contributed by atoms with Crippen molar-refractivity contribution in [1.29, 1.82) is 0 Å². The van der Waals surface area contributed by atoms with E-state index in [-0.39, 0.29) is 12.1 Å². The van der Waals surface area contributed by atoms with Gasteiger partial charge in [-0.2, -0.15) is 0 Å². The highest BCUT2D eigenvalue weighted by atomic mass is 32.1. The van der Waals surface area contributed by atoms with Crippen LogP contribution in [0.1, 0.15) is 23.4 Å². The first-order valence-corrected chi connectivity index (χ1v) is 8.06. The van der Waals surface area contributed by atoms with Crippen molar-refractivity contribution in [2.75, 3.05) is 13.2 Å². The van der Waals surface area contributed by atoms with Crippen LogP contribution < -0.4 is 20.1 Å². The maximum atomic E-state index is 11.9. The summed E-state index contributed by atoms with van der Waals surface area (Å²) in [6.07, 6.45) is 0. The third kappa shape index (κ3) is 3.51. The number of amides is 2. The molecule has 0 saturated heterocycles. The summed E-state index contributed by atoms with van der Waals surface area (Å²) in [6.45, 7) is 3.61. The Morgan fingerprint density at radius 2 is 2.09 bits per heavy atom. The quantitative estimate of drug-likeness (QED) is 0.911. The summed E-state index contributed by atoms with van der Waals surface area (Å²) in [5.41, 5.74) is 0.982. The predicted octanol–water partition coefficient (Wildman–Crippen LogP) is 3.08. The lowest BCUT2D eigenvalue weighted by Gasteiger charge is -2.21. The highest BCUT2D eigenvalue weighted by Gasteiger charge is 2.15. The third-order valence-corrected chi connectivity index (χ3v) is 4.29. The lowest BCUT2D eigenvalue weighted by atomic mass is 10.1. The van der Waals surface area contributed by atoms with Gasteiger partial charge in [0.2, 0.25) is 0 Å². The molecule has 1 atom stereocenters. The number of carbonyl (C=O) groups excluding carboxylic acids is 1. The van der Waals surface area contributed by atoms with Gasteiger partial charge < -0.3 is 20.1 Å². The molecule has 1 aromatic heterocycles. The molecule has 3 rings (SSSR count). The van der Waals surface area contributed by atoms with Gasteiger partial charge in [-0.25, -0.2) is 4.79 Å². The maximum Gasteiger partial charge on any atom is 0.315 e. The van der Waals surface area contributed by atoms with Crippen LogP contribution in [-0.4, -0.2) is 19.2 Å². The summed E-state index contributed by atoms with van der Waals surface area (Å²) in [6, 6.07) is 9.41. The molecule has 2 N–H and O–H groups in total. The molecule has 1 aliphatic rings. The van der Waals surface area contributed by atoms with Gasteiger partial charge in [-0.15, -0.1) is 11.3 Å². The highest BCUT2D eigenvalue weighted by Crippen LogP contribution is 2.32. The van der Waals surface area contributed by atoms with Crippen LogP contribution >= 0.6 is 11.3 Å². The Kier molecular flexibility index (Phi) is 4.48. The van der Waals surface area contributed by atoms with E-state index in [1.54, 1.807) is 11.3 Å². The molecule has 116 valence electrons. The maximum absolute atomic E-state index is 11.9. The van der Waals surface area contributed by atoms with Crippen LogP contribution in [0.25, 0.3) is 0 Å². The molecule has 0 saturated carbocycles. The van der Waals surface area contributed by atoms with Crippen LogP contribution in [0.5, 0.6) is 11.5 Å². The van der Waals surface area contributed by atoms with E-state index in [9.17, 15) is 4.79 Å². The van der Waals surface area contributed by atoms with Crippen molar-refractivity contribution >= 4 is 17.4 Å². The van der Waals surface area contributed by atoms with Gasteiger partial charge in [-0.05, 0) is 36.1 Å². The molecule has 6 heteroatoms. The molecule has 0 spiro atoms. The molecule has 2 aromatic rings. The molecule has 1 aliphatic heterocycles. The van der Waals surface area contributed by atoms with Gasteiger partial charge >= 0.3 is 6.03 Å². The Hall–Kier alpha value is -2.21. The topological polar surface area (TPSA) is 59.6 Å². The number of fused-ring (bicyclic) bond motifs is 1. The van der Waals surface area contributed by atoms with E-state index in [4.69, 9.17) is 9.47 Å². The standard InChI is InChI=1S/C16H18N2O3S/c1-11(18-16(19)17-10-13-3-2-8-22-13)12-4-5-14-15(9-12)21-7-6-20-14/h2-5,8-9,11H,6-7,10H2,1H3,(H2,17,18,19). The number of benzene rings is 1. The van der Waals surface area contributed by atoms with Gasteiger partial charge in [0.15, 0.2) is 11.5 Å². The number of carbonyl (C=O) groups is 1. The Labute approximate surface area is 133 Å². The number of ether oxygens (including phenoxy) is 2. The van der Waals surface area contributed by atoms with Gasteiger partial charge in [0, 0.05) is 4.88 Å². The van der Waals surface area contributed by atoms with Crippen molar-refractivity contribution in [3.05, 3.63) is 46.2 Å². The molecular weight excluding hydrogens is 300 g/mol. The molecule has 5 nitrogen and oxygen atoms in total. The first-order valence-electron chi connectivity index (χ1n) is 7.18. The van der Waals surface area contributed by atoms with E-state index >= 15 is 0 Å². The van der Waals surface area contributed by atoms with Gasteiger partial charge in [0.1, 0.15) is 13.2 Å². The second-order valence-electron chi connectivity index (χ2n) is 5.03. The third-order valence-electron chi connectivity index (χ3n) is 3.42. The predicted molar refractivity (Wildman–Crippen MR) is 85.5 cm³/mol. The zero-order chi connectivity index (χ0) is 15.4. The van der Waals surface area contributed by atoms with E-state index in [1.807, 2.05) is 42.6 Å². The van der Waals surface area contributed by atoms with Crippen molar-refractivity contribution in [1.82, 2.24) is 10.6 Å². The average molecular weight is 318 g/mol. The van der Waals surface area contributed by atoms with Crippen molar-refractivity contribution < 1.29 is 14.3 Å². The normalized spacial score (nSPS) is 14.2. The van der Waals surface area contributed by atoms with Crippen molar-refractivity contribution in [3.63, 3.8) is 0 Å². The zero-order valence-electron chi connectivity index (χ0n) is 12.3. The molecule has 0 bridgehead atoms. The minimum absolute atomic E-state index is 0.112. The van der Waals surface area contributed by atoms with Crippen LogP contribution in [0.15, 0.2) is 35.7 Å². The summed E-state index contributed by atoms with van der Waals surface area (Å²) >= 11 is 1.62. The lowest BCUT2D eigenvalue weighted by molar-refractivity contribution is 0.171. The van der Waals surface area contributed by atoms with Crippen molar-refractivity contribution in [2.24, 2.45) is 0 Å². The first-order chi connectivity index (χ1) is 10.7. The van der Waals surface area contributed by atoms with Gasteiger partial charge in [-0.1, -0.05) is 12.1 Å². The van der Waals surface area contributed by atoms with Crippen LogP contribution in [0.2, 0.25) is 0 Å². The van der Waals surface area contributed by atoms with Gasteiger partial charge in [0.25, 0.3) is 0 Å². The highest BCUT2D eigenvalue weighted by molar-refractivity contribution is 7.09. The Balaban J connectivity index is 1.56. The van der Waals surface area contributed by atoms with E-state index in [0.29, 0.717) is 19.8 Å². The molecule has 0 radical (unpaired) electrons. The molecule has 0 fully saturated rings. The van der Waals surface area contributed by atoms with Crippen LogP contribution in [0.4, 0.5) is 4.79 Å². The molecule has 0 aliphatic carbocycles. The minimum Gasteiger partial charge on any atom is -0.486 e. The number of rotatable bonds is 4. The second kappa shape index (κ2) is 6.70. The number of thiophene rings is 1. The lowest BCUT2D eigenvalue weighted by Crippen LogP contribution is -2.36. The number of nitrogens with one attached hydrogen (secondary N) is 2. The fourth-order valence-corrected chi connectivity index (χ4v) is 2.89. The molecule has 2 amide bonds.